The quantitative estimate of drug-likeness (QED) is 0.678. The minimum absolute atomic E-state index is 0.468. The Morgan fingerprint density at radius 1 is 1.31 bits per heavy atom. The second kappa shape index (κ2) is 4.65. The summed E-state index contributed by atoms with van der Waals surface area (Å²) < 4.78 is 0. The van der Waals surface area contributed by atoms with Crippen molar-refractivity contribution < 1.29 is 10.0 Å². The SMILES string of the molecule is CNc1nc(-c2ccccc2B(O)O)cs1. The van der Waals surface area contributed by atoms with E-state index < -0.39 is 7.12 Å². The first-order valence-corrected chi connectivity index (χ1v) is 5.69. The Hall–Kier alpha value is -1.37. The first kappa shape index (κ1) is 11.1. The number of hydrogen-bond acceptors (Lipinski definition) is 5. The lowest BCUT2D eigenvalue weighted by atomic mass is 9.76. The van der Waals surface area contributed by atoms with E-state index in [-0.39, 0.29) is 0 Å². The van der Waals surface area contributed by atoms with Crippen LogP contribution < -0.4 is 10.8 Å². The lowest BCUT2D eigenvalue weighted by Crippen LogP contribution is -2.31. The van der Waals surface area contributed by atoms with Gasteiger partial charge in [-0.2, -0.15) is 0 Å². The molecule has 0 bridgehead atoms. The molecule has 2 aromatic rings. The van der Waals surface area contributed by atoms with E-state index in [2.05, 4.69) is 10.3 Å². The number of anilines is 1. The maximum absolute atomic E-state index is 9.25. The molecule has 0 aliphatic carbocycles. The van der Waals surface area contributed by atoms with Crippen molar-refractivity contribution in [2.75, 3.05) is 12.4 Å². The number of rotatable bonds is 3. The molecule has 0 radical (unpaired) electrons. The third-order valence-electron chi connectivity index (χ3n) is 2.23. The van der Waals surface area contributed by atoms with Gasteiger partial charge < -0.3 is 15.4 Å². The van der Waals surface area contributed by atoms with E-state index in [1.165, 1.54) is 11.3 Å². The summed E-state index contributed by atoms with van der Waals surface area (Å²) in [7, 11) is 0.325. The normalized spacial score (nSPS) is 10.2. The third kappa shape index (κ3) is 2.09. The van der Waals surface area contributed by atoms with Gasteiger partial charge in [0.1, 0.15) is 0 Å². The van der Waals surface area contributed by atoms with Gasteiger partial charge in [-0.3, -0.25) is 0 Å². The molecule has 0 aliphatic rings. The third-order valence-corrected chi connectivity index (χ3v) is 3.09. The molecular weight excluding hydrogens is 223 g/mol. The number of nitrogens with one attached hydrogen (secondary N) is 1. The minimum Gasteiger partial charge on any atom is -0.423 e. The van der Waals surface area contributed by atoms with E-state index in [1.807, 2.05) is 17.5 Å². The van der Waals surface area contributed by atoms with Crippen molar-refractivity contribution in [3.63, 3.8) is 0 Å². The van der Waals surface area contributed by atoms with Crippen LogP contribution in [0.15, 0.2) is 29.6 Å². The topological polar surface area (TPSA) is 65.4 Å². The second-order valence-electron chi connectivity index (χ2n) is 3.25. The zero-order valence-electron chi connectivity index (χ0n) is 8.71. The molecular formula is C10H11BN2O2S. The molecule has 1 aromatic heterocycles. The summed E-state index contributed by atoms with van der Waals surface area (Å²) in [6.45, 7) is 0. The van der Waals surface area contributed by atoms with E-state index in [4.69, 9.17) is 0 Å². The van der Waals surface area contributed by atoms with Gasteiger partial charge in [-0.05, 0) is 5.46 Å². The fraction of sp³-hybridized carbons (Fsp3) is 0.100. The molecule has 3 N–H and O–H groups in total. The van der Waals surface area contributed by atoms with Gasteiger partial charge in [0.2, 0.25) is 0 Å². The standard InChI is InChI=1S/C10H11BN2O2S/c1-12-10-13-9(6-16-10)7-4-2-3-5-8(7)11(14)15/h2-6,14-15H,1H3,(H,12,13). The summed E-state index contributed by atoms with van der Waals surface area (Å²) in [6.07, 6.45) is 0. The van der Waals surface area contributed by atoms with E-state index in [1.54, 1.807) is 19.2 Å². The van der Waals surface area contributed by atoms with Crippen LogP contribution in [0.25, 0.3) is 11.3 Å². The number of benzene rings is 1. The zero-order valence-corrected chi connectivity index (χ0v) is 9.53. The molecule has 0 unspecified atom stereocenters. The van der Waals surface area contributed by atoms with Crippen LogP contribution in [0.3, 0.4) is 0 Å². The van der Waals surface area contributed by atoms with Crippen molar-refractivity contribution in [3.8, 4) is 11.3 Å². The van der Waals surface area contributed by atoms with Crippen LogP contribution in [0.1, 0.15) is 0 Å². The van der Waals surface area contributed by atoms with Crippen LogP contribution in [-0.4, -0.2) is 29.2 Å². The summed E-state index contributed by atoms with van der Waals surface area (Å²) in [6, 6.07) is 7.12. The predicted molar refractivity (Wildman–Crippen MR) is 66.9 cm³/mol. The van der Waals surface area contributed by atoms with E-state index in [9.17, 15) is 10.0 Å². The summed E-state index contributed by atoms with van der Waals surface area (Å²) in [5.41, 5.74) is 1.96. The van der Waals surface area contributed by atoms with Gasteiger partial charge in [-0.25, -0.2) is 4.98 Å². The largest absolute Gasteiger partial charge is 0.489 e. The van der Waals surface area contributed by atoms with Crippen molar-refractivity contribution >= 4 is 29.0 Å². The van der Waals surface area contributed by atoms with Crippen LogP contribution >= 0.6 is 11.3 Å². The van der Waals surface area contributed by atoms with Crippen molar-refractivity contribution in [1.82, 2.24) is 4.98 Å². The summed E-state index contributed by atoms with van der Waals surface area (Å²) in [5, 5.41) is 24.1. The molecule has 0 saturated heterocycles. The Bertz CT molecular complexity index is 487. The van der Waals surface area contributed by atoms with Gasteiger partial charge in [0.05, 0.1) is 5.69 Å². The molecule has 1 heterocycles. The molecule has 0 fully saturated rings. The molecule has 82 valence electrons. The summed E-state index contributed by atoms with van der Waals surface area (Å²) in [4.78, 5) is 4.33. The molecule has 0 saturated carbocycles. The highest BCUT2D eigenvalue weighted by molar-refractivity contribution is 7.14. The first-order chi connectivity index (χ1) is 7.72. The number of hydrogen-bond donors (Lipinski definition) is 3. The van der Waals surface area contributed by atoms with Crippen LogP contribution in [0.4, 0.5) is 5.13 Å². The van der Waals surface area contributed by atoms with E-state index in [0.29, 0.717) is 5.46 Å². The maximum atomic E-state index is 9.25. The Morgan fingerprint density at radius 2 is 2.06 bits per heavy atom. The van der Waals surface area contributed by atoms with Crippen LogP contribution in [-0.2, 0) is 0 Å². The van der Waals surface area contributed by atoms with Crippen LogP contribution in [0.5, 0.6) is 0 Å². The molecule has 2 rings (SSSR count). The van der Waals surface area contributed by atoms with Crippen molar-refractivity contribution in [2.45, 2.75) is 0 Å². The van der Waals surface area contributed by atoms with Crippen molar-refractivity contribution in [2.24, 2.45) is 0 Å². The Kier molecular flexibility index (Phi) is 3.23. The van der Waals surface area contributed by atoms with Crippen molar-refractivity contribution in [1.29, 1.82) is 0 Å². The van der Waals surface area contributed by atoms with Gasteiger partial charge in [0, 0.05) is 18.0 Å². The van der Waals surface area contributed by atoms with Gasteiger partial charge in [0.25, 0.3) is 0 Å². The number of thiazole rings is 1. The number of nitrogens with zero attached hydrogens (tertiary/aromatic N) is 1. The first-order valence-electron chi connectivity index (χ1n) is 4.81. The summed E-state index contributed by atoms with van der Waals surface area (Å²) in [5.74, 6) is 0. The minimum atomic E-state index is -1.48. The maximum Gasteiger partial charge on any atom is 0.489 e. The highest BCUT2D eigenvalue weighted by atomic mass is 32.1. The zero-order chi connectivity index (χ0) is 11.5. The smallest absolute Gasteiger partial charge is 0.423 e. The average Bonchev–Trinajstić information content (AvgIpc) is 2.77. The molecule has 0 amide bonds. The Balaban J connectivity index is 2.46. The monoisotopic (exact) mass is 234 g/mol. The molecule has 4 nitrogen and oxygen atoms in total. The van der Waals surface area contributed by atoms with Gasteiger partial charge in [0.15, 0.2) is 5.13 Å². The molecule has 0 spiro atoms. The van der Waals surface area contributed by atoms with Gasteiger partial charge in [-0.1, -0.05) is 24.3 Å². The highest BCUT2D eigenvalue weighted by Gasteiger charge is 2.17. The second-order valence-corrected chi connectivity index (χ2v) is 4.11. The Labute approximate surface area is 97.7 Å². The Morgan fingerprint density at radius 3 is 2.69 bits per heavy atom. The fourth-order valence-corrected chi connectivity index (χ4v) is 2.14. The lowest BCUT2D eigenvalue weighted by Gasteiger charge is -2.05. The average molecular weight is 234 g/mol. The fourth-order valence-electron chi connectivity index (χ4n) is 1.47. The van der Waals surface area contributed by atoms with Crippen LogP contribution in [0.2, 0.25) is 0 Å². The molecule has 0 atom stereocenters. The molecule has 0 aliphatic heterocycles. The highest BCUT2D eigenvalue weighted by Crippen LogP contribution is 2.23. The predicted octanol–water partition coefficient (Wildman–Crippen LogP) is 0.532. The number of aromatic nitrogens is 1. The lowest BCUT2D eigenvalue weighted by molar-refractivity contribution is 0.426. The van der Waals surface area contributed by atoms with Crippen molar-refractivity contribution in [3.05, 3.63) is 29.6 Å². The summed E-state index contributed by atoms with van der Waals surface area (Å²) >= 11 is 1.48. The van der Waals surface area contributed by atoms with Gasteiger partial charge >= 0.3 is 7.12 Å². The van der Waals surface area contributed by atoms with Gasteiger partial charge in [-0.15, -0.1) is 11.3 Å². The molecule has 16 heavy (non-hydrogen) atoms. The van der Waals surface area contributed by atoms with E-state index >= 15 is 0 Å². The van der Waals surface area contributed by atoms with Crippen LogP contribution in [0, 0.1) is 0 Å². The molecule has 6 heteroatoms. The van der Waals surface area contributed by atoms with E-state index in [0.717, 1.165) is 16.4 Å². The molecule has 1 aromatic carbocycles.